The van der Waals surface area contributed by atoms with Crippen LogP contribution in [-0.2, 0) is 5.75 Å². The lowest BCUT2D eigenvalue weighted by Crippen LogP contribution is -1.79. The van der Waals surface area contributed by atoms with Gasteiger partial charge in [-0.25, -0.2) is 0 Å². The first-order chi connectivity index (χ1) is 9.70. The highest BCUT2D eigenvalue weighted by atomic mass is 35.5. The maximum Gasteiger partial charge on any atom is 0.277 e. The molecule has 7 heteroatoms. The zero-order chi connectivity index (χ0) is 13.9. The van der Waals surface area contributed by atoms with Crippen LogP contribution in [0.1, 0.15) is 11.5 Å². The molecular weight excluding hydrogens is 298 g/mol. The van der Waals surface area contributed by atoms with Gasteiger partial charge < -0.3 is 8.94 Å². The van der Waals surface area contributed by atoms with Crippen LogP contribution in [0, 0.1) is 6.92 Å². The molecule has 1 aromatic carbocycles. The van der Waals surface area contributed by atoms with Crippen LogP contribution in [0.3, 0.4) is 0 Å². The average Bonchev–Trinajstić information content (AvgIpc) is 3.05. The maximum absolute atomic E-state index is 5.93. The number of thioether (sulfide) groups is 1. The molecule has 0 saturated carbocycles. The van der Waals surface area contributed by atoms with Gasteiger partial charge in [0.2, 0.25) is 5.89 Å². The summed E-state index contributed by atoms with van der Waals surface area (Å²) in [6.45, 7) is 1.85. The van der Waals surface area contributed by atoms with Crippen LogP contribution in [-0.4, -0.2) is 15.4 Å². The topological polar surface area (TPSA) is 65.0 Å². The van der Waals surface area contributed by atoms with Crippen LogP contribution in [0.5, 0.6) is 0 Å². The van der Waals surface area contributed by atoms with E-state index >= 15 is 0 Å². The minimum atomic E-state index is 0.450. The molecule has 0 amide bonds. The molecule has 0 spiro atoms. The number of hydrogen-bond donors (Lipinski definition) is 0. The van der Waals surface area contributed by atoms with Crippen molar-refractivity contribution in [2.45, 2.75) is 17.9 Å². The summed E-state index contributed by atoms with van der Waals surface area (Å²) in [7, 11) is 0. The molecule has 3 aromatic rings. The molecule has 0 atom stereocenters. The predicted octanol–water partition coefficient (Wildman–Crippen LogP) is 3.98. The standard InChI is InChI=1S/C13H10ClN3O2S/c1-8-5-11(17-19-8)7-20-13-16-15-12(18-13)9-3-2-4-10(14)6-9/h2-6H,7H2,1H3. The van der Waals surface area contributed by atoms with Gasteiger partial charge in [0.15, 0.2) is 0 Å². The van der Waals surface area contributed by atoms with Gasteiger partial charge in [-0.1, -0.05) is 34.6 Å². The fourth-order valence-corrected chi connectivity index (χ4v) is 2.46. The Balaban J connectivity index is 1.70. The Morgan fingerprint density at radius 2 is 2.15 bits per heavy atom. The molecule has 0 bridgehead atoms. The van der Waals surface area contributed by atoms with Gasteiger partial charge in [-0.2, -0.15) is 0 Å². The first kappa shape index (κ1) is 13.2. The normalized spacial score (nSPS) is 10.9. The van der Waals surface area contributed by atoms with Crippen molar-refractivity contribution in [3.05, 3.63) is 46.8 Å². The number of rotatable bonds is 4. The summed E-state index contributed by atoms with van der Waals surface area (Å²) in [4.78, 5) is 0. The lowest BCUT2D eigenvalue weighted by molar-refractivity contribution is 0.392. The fraction of sp³-hybridized carbons (Fsp3) is 0.154. The molecule has 0 saturated heterocycles. The van der Waals surface area contributed by atoms with Gasteiger partial charge in [0.1, 0.15) is 5.76 Å². The Hall–Kier alpha value is -1.79. The second-order valence-corrected chi connectivity index (χ2v) is 5.46. The minimum Gasteiger partial charge on any atom is -0.411 e. The SMILES string of the molecule is Cc1cc(CSc2nnc(-c3cccc(Cl)c3)o2)no1. The second kappa shape index (κ2) is 5.68. The van der Waals surface area contributed by atoms with Crippen LogP contribution in [0.25, 0.3) is 11.5 Å². The van der Waals surface area contributed by atoms with Crippen molar-refractivity contribution in [1.82, 2.24) is 15.4 Å². The van der Waals surface area contributed by atoms with Gasteiger partial charge in [0, 0.05) is 22.4 Å². The largest absolute Gasteiger partial charge is 0.411 e. The molecular formula is C13H10ClN3O2S. The molecule has 102 valence electrons. The molecule has 20 heavy (non-hydrogen) atoms. The van der Waals surface area contributed by atoms with E-state index in [1.165, 1.54) is 11.8 Å². The van der Waals surface area contributed by atoms with E-state index in [1.54, 1.807) is 12.1 Å². The van der Waals surface area contributed by atoms with Crippen molar-refractivity contribution >= 4 is 23.4 Å². The zero-order valence-corrected chi connectivity index (χ0v) is 12.1. The van der Waals surface area contributed by atoms with Gasteiger partial charge >= 0.3 is 0 Å². The van der Waals surface area contributed by atoms with Crippen LogP contribution >= 0.6 is 23.4 Å². The van der Waals surface area contributed by atoms with E-state index in [4.69, 9.17) is 20.5 Å². The van der Waals surface area contributed by atoms with E-state index in [0.29, 0.717) is 21.9 Å². The van der Waals surface area contributed by atoms with Crippen molar-refractivity contribution < 1.29 is 8.94 Å². The molecule has 5 nitrogen and oxygen atoms in total. The third-order valence-electron chi connectivity index (χ3n) is 2.50. The van der Waals surface area contributed by atoms with Crippen molar-refractivity contribution in [2.75, 3.05) is 0 Å². The van der Waals surface area contributed by atoms with Crippen LogP contribution in [0.4, 0.5) is 0 Å². The van der Waals surface area contributed by atoms with Crippen molar-refractivity contribution in [3.63, 3.8) is 0 Å². The quantitative estimate of drug-likeness (QED) is 0.679. The van der Waals surface area contributed by atoms with Gasteiger partial charge in [-0.3, -0.25) is 0 Å². The Morgan fingerprint density at radius 1 is 1.25 bits per heavy atom. The third-order valence-corrected chi connectivity index (χ3v) is 3.59. The average molecular weight is 308 g/mol. The van der Waals surface area contributed by atoms with Gasteiger partial charge in [0.05, 0.1) is 5.69 Å². The monoisotopic (exact) mass is 307 g/mol. The highest BCUT2D eigenvalue weighted by Crippen LogP contribution is 2.26. The Labute approximate surface area is 124 Å². The molecule has 0 unspecified atom stereocenters. The van der Waals surface area contributed by atoms with Crippen LogP contribution in [0.2, 0.25) is 5.02 Å². The van der Waals surface area contributed by atoms with E-state index in [0.717, 1.165) is 17.0 Å². The van der Waals surface area contributed by atoms with Gasteiger partial charge in [0.25, 0.3) is 5.22 Å². The molecule has 0 aliphatic carbocycles. The number of benzene rings is 1. The molecule has 0 aliphatic rings. The molecule has 2 aromatic heterocycles. The van der Waals surface area contributed by atoms with E-state index in [2.05, 4.69) is 15.4 Å². The van der Waals surface area contributed by atoms with Crippen LogP contribution in [0.15, 0.2) is 44.5 Å². The lowest BCUT2D eigenvalue weighted by Gasteiger charge is -1.94. The summed E-state index contributed by atoms with van der Waals surface area (Å²) in [5.74, 6) is 1.85. The summed E-state index contributed by atoms with van der Waals surface area (Å²) < 4.78 is 10.6. The Kier molecular flexibility index (Phi) is 3.75. The van der Waals surface area contributed by atoms with Gasteiger partial charge in [-0.05, 0) is 25.1 Å². The minimum absolute atomic E-state index is 0.450. The van der Waals surface area contributed by atoms with Gasteiger partial charge in [-0.15, -0.1) is 10.2 Å². The van der Waals surface area contributed by atoms with Crippen LogP contribution < -0.4 is 0 Å². The number of aryl methyl sites for hydroxylation is 1. The molecule has 0 fully saturated rings. The Bertz CT molecular complexity index is 726. The molecule has 3 rings (SSSR count). The maximum atomic E-state index is 5.93. The summed E-state index contributed by atoms with van der Waals surface area (Å²) in [6.07, 6.45) is 0. The summed E-state index contributed by atoms with van der Waals surface area (Å²) in [5, 5.41) is 13.0. The summed E-state index contributed by atoms with van der Waals surface area (Å²) in [5.41, 5.74) is 1.64. The molecule has 0 radical (unpaired) electrons. The number of nitrogens with zero attached hydrogens (tertiary/aromatic N) is 3. The Morgan fingerprint density at radius 3 is 2.90 bits per heavy atom. The smallest absolute Gasteiger partial charge is 0.277 e. The second-order valence-electron chi connectivity index (χ2n) is 4.10. The van der Waals surface area contributed by atoms with E-state index < -0.39 is 0 Å². The van der Waals surface area contributed by atoms with Crippen molar-refractivity contribution in [2.24, 2.45) is 0 Å². The zero-order valence-electron chi connectivity index (χ0n) is 10.5. The fourth-order valence-electron chi connectivity index (χ4n) is 1.63. The first-order valence-corrected chi connectivity index (χ1v) is 7.21. The van der Waals surface area contributed by atoms with E-state index in [-0.39, 0.29) is 0 Å². The van der Waals surface area contributed by atoms with Crippen molar-refractivity contribution in [1.29, 1.82) is 0 Å². The van der Waals surface area contributed by atoms with Crippen molar-refractivity contribution in [3.8, 4) is 11.5 Å². The van der Waals surface area contributed by atoms with E-state index in [1.807, 2.05) is 25.1 Å². The number of aromatic nitrogens is 3. The molecule has 0 aliphatic heterocycles. The first-order valence-electron chi connectivity index (χ1n) is 5.85. The predicted molar refractivity (Wildman–Crippen MR) is 75.5 cm³/mol. The van der Waals surface area contributed by atoms with E-state index in [9.17, 15) is 0 Å². The summed E-state index contributed by atoms with van der Waals surface area (Å²) >= 11 is 7.34. The highest BCUT2D eigenvalue weighted by Gasteiger charge is 2.10. The lowest BCUT2D eigenvalue weighted by atomic mass is 10.2. The molecule has 2 heterocycles. The summed E-state index contributed by atoms with van der Waals surface area (Å²) in [6, 6.07) is 9.16. The highest BCUT2D eigenvalue weighted by molar-refractivity contribution is 7.98. The number of halogens is 1. The number of hydrogen-bond acceptors (Lipinski definition) is 6. The molecule has 0 N–H and O–H groups in total. The third kappa shape index (κ3) is 3.02.